The van der Waals surface area contributed by atoms with Gasteiger partial charge in [-0.25, -0.2) is 0 Å². The van der Waals surface area contributed by atoms with Crippen LogP contribution in [-0.4, -0.2) is 34.1 Å². The minimum atomic E-state index is -0.310. The van der Waals surface area contributed by atoms with Gasteiger partial charge in [-0.1, -0.05) is 13.0 Å². The van der Waals surface area contributed by atoms with Crippen molar-refractivity contribution in [1.29, 1.82) is 0 Å². The maximum atomic E-state index is 12.4. The third kappa shape index (κ3) is 2.83. The summed E-state index contributed by atoms with van der Waals surface area (Å²) in [5.41, 5.74) is 0.00335. The number of hydrogen-bond donors (Lipinski definition) is 2. The number of amides is 1. The molecule has 1 fully saturated rings. The maximum Gasteiger partial charge on any atom is 0.261 e. The van der Waals surface area contributed by atoms with Gasteiger partial charge in [0.25, 0.3) is 5.91 Å². The van der Waals surface area contributed by atoms with E-state index in [1.165, 1.54) is 18.2 Å². The molecule has 4 nitrogen and oxygen atoms in total. The van der Waals surface area contributed by atoms with E-state index in [2.05, 4.69) is 6.92 Å². The molecule has 1 saturated carbocycles. The average Bonchev–Trinajstić information content (AvgIpc) is 2.38. The molecule has 0 aliphatic heterocycles. The van der Waals surface area contributed by atoms with Crippen LogP contribution in [0.15, 0.2) is 18.2 Å². The van der Waals surface area contributed by atoms with Crippen molar-refractivity contribution < 1.29 is 15.0 Å². The smallest absolute Gasteiger partial charge is 0.261 e. The van der Waals surface area contributed by atoms with Crippen molar-refractivity contribution in [1.82, 2.24) is 4.90 Å². The first-order valence-electron chi connectivity index (χ1n) is 6.78. The fourth-order valence-corrected chi connectivity index (χ4v) is 2.72. The standard InChI is InChI=1S/C15H21NO3/c1-10-6-8-11(9-7-10)16(2)15(19)14-12(17)4-3-5-13(14)18/h3-5,10-11,17-18H,6-9H2,1-2H3. The Bertz CT molecular complexity index is 444. The van der Waals surface area contributed by atoms with Gasteiger partial charge in [-0.15, -0.1) is 0 Å². The lowest BCUT2D eigenvalue weighted by Gasteiger charge is -2.33. The molecular weight excluding hydrogens is 242 g/mol. The number of nitrogens with zero attached hydrogens (tertiary/aromatic N) is 1. The molecule has 0 radical (unpaired) electrons. The third-order valence-corrected chi connectivity index (χ3v) is 4.09. The number of hydrogen-bond acceptors (Lipinski definition) is 3. The molecule has 0 heterocycles. The van der Waals surface area contributed by atoms with E-state index in [4.69, 9.17) is 0 Å². The predicted molar refractivity (Wildman–Crippen MR) is 73.3 cm³/mol. The first-order valence-corrected chi connectivity index (χ1v) is 6.78. The van der Waals surface area contributed by atoms with Gasteiger partial charge in [-0.3, -0.25) is 4.79 Å². The zero-order valence-corrected chi connectivity index (χ0v) is 11.5. The lowest BCUT2D eigenvalue weighted by Crippen LogP contribution is -2.39. The summed E-state index contributed by atoms with van der Waals surface area (Å²) in [6.07, 6.45) is 4.21. The van der Waals surface area contributed by atoms with Gasteiger partial charge in [0.2, 0.25) is 0 Å². The van der Waals surface area contributed by atoms with Crippen LogP contribution in [0, 0.1) is 5.92 Å². The minimum absolute atomic E-state index is 0.00335. The van der Waals surface area contributed by atoms with Crippen molar-refractivity contribution in [3.8, 4) is 11.5 Å². The van der Waals surface area contributed by atoms with Crippen molar-refractivity contribution in [2.75, 3.05) is 7.05 Å². The van der Waals surface area contributed by atoms with Crippen molar-refractivity contribution in [2.24, 2.45) is 5.92 Å². The van der Waals surface area contributed by atoms with E-state index < -0.39 is 0 Å². The fourth-order valence-electron chi connectivity index (χ4n) is 2.72. The van der Waals surface area contributed by atoms with Gasteiger partial charge in [-0.2, -0.15) is 0 Å². The van der Waals surface area contributed by atoms with Crippen LogP contribution in [-0.2, 0) is 0 Å². The van der Waals surface area contributed by atoms with Crippen LogP contribution in [0.1, 0.15) is 43.0 Å². The molecule has 0 bridgehead atoms. The zero-order valence-electron chi connectivity index (χ0n) is 11.5. The number of carbonyl (C=O) groups is 1. The molecular formula is C15H21NO3. The lowest BCUT2D eigenvalue weighted by atomic mass is 9.86. The molecule has 4 heteroatoms. The summed E-state index contributed by atoms with van der Waals surface area (Å²) in [7, 11) is 1.74. The Morgan fingerprint density at radius 1 is 1.16 bits per heavy atom. The van der Waals surface area contributed by atoms with Crippen LogP contribution >= 0.6 is 0 Å². The first kappa shape index (κ1) is 13.7. The van der Waals surface area contributed by atoms with Gasteiger partial charge in [0.1, 0.15) is 17.1 Å². The number of carbonyl (C=O) groups excluding carboxylic acids is 1. The molecule has 104 valence electrons. The van der Waals surface area contributed by atoms with Crippen LogP contribution in [0.4, 0.5) is 0 Å². The van der Waals surface area contributed by atoms with Gasteiger partial charge in [0.15, 0.2) is 0 Å². The second-order valence-corrected chi connectivity index (χ2v) is 5.50. The Balaban J connectivity index is 2.15. The third-order valence-electron chi connectivity index (χ3n) is 4.09. The van der Waals surface area contributed by atoms with Crippen molar-refractivity contribution in [3.63, 3.8) is 0 Å². The molecule has 1 amide bonds. The van der Waals surface area contributed by atoms with Crippen LogP contribution < -0.4 is 0 Å². The van der Waals surface area contributed by atoms with E-state index in [1.807, 2.05) is 0 Å². The molecule has 2 N–H and O–H groups in total. The highest BCUT2D eigenvalue weighted by molar-refractivity contribution is 5.99. The number of aromatic hydroxyl groups is 2. The van der Waals surface area contributed by atoms with E-state index in [1.54, 1.807) is 11.9 Å². The van der Waals surface area contributed by atoms with Gasteiger partial charge in [0.05, 0.1) is 0 Å². The largest absolute Gasteiger partial charge is 0.507 e. The van der Waals surface area contributed by atoms with E-state index in [9.17, 15) is 15.0 Å². The zero-order chi connectivity index (χ0) is 14.0. The second kappa shape index (κ2) is 5.51. The molecule has 1 aliphatic carbocycles. The predicted octanol–water partition coefficient (Wildman–Crippen LogP) is 2.75. The molecule has 0 unspecified atom stereocenters. The van der Waals surface area contributed by atoms with Crippen LogP contribution in [0.25, 0.3) is 0 Å². The minimum Gasteiger partial charge on any atom is -0.507 e. The van der Waals surface area contributed by atoms with Crippen LogP contribution in [0.2, 0.25) is 0 Å². The first-order chi connectivity index (χ1) is 9.00. The van der Waals surface area contributed by atoms with Crippen molar-refractivity contribution >= 4 is 5.91 Å². The molecule has 0 atom stereocenters. The molecule has 0 saturated heterocycles. The SMILES string of the molecule is CC1CCC(N(C)C(=O)c2c(O)cccc2O)CC1. The van der Waals surface area contributed by atoms with E-state index in [0.29, 0.717) is 0 Å². The Morgan fingerprint density at radius 3 is 2.21 bits per heavy atom. The van der Waals surface area contributed by atoms with Gasteiger partial charge >= 0.3 is 0 Å². The Kier molecular flexibility index (Phi) is 3.98. The second-order valence-electron chi connectivity index (χ2n) is 5.50. The lowest BCUT2D eigenvalue weighted by molar-refractivity contribution is 0.0673. The van der Waals surface area contributed by atoms with E-state index >= 15 is 0 Å². The molecule has 1 aromatic carbocycles. The summed E-state index contributed by atoms with van der Waals surface area (Å²) in [5.74, 6) is 0.0792. The summed E-state index contributed by atoms with van der Waals surface area (Å²) >= 11 is 0. The highest BCUT2D eigenvalue weighted by atomic mass is 16.3. The monoisotopic (exact) mass is 263 g/mol. The Hall–Kier alpha value is -1.71. The highest BCUT2D eigenvalue weighted by Gasteiger charge is 2.28. The quantitative estimate of drug-likeness (QED) is 0.862. The van der Waals surface area contributed by atoms with Crippen molar-refractivity contribution in [3.05, 3.63) is 23.8 Å². The molecule has 1 aliphatic rings. The summed E-state index contributed by atoms with van der Waals surface area (Å²) < 4.78 is 0. The molecule has 2 rings (SSSR count). The number of phenolic OH excluding ortho intramolecular Hbond substituents is 2. The normalized spacial score (nSPS) is 23.1. The fraction of sp³-hybridized carbons (Fsp3) is 0.533. The van der Waals surface area contributed by atoms with Crippen LogP contribution in [0.5, 0.6) is 11.5 Å². The number of benzene rings is 1. The van der Waals surface area contributed by atoms with Gasteiger partial charge in [-0.05, 0) is 43.7 Å². The number of phenols is 2. The van der Waals surface area contributed by atoms with Crippen LogP contribution in [0.3, 0.4) is 0 Å². The maximum absolute atomic E-state index is 12.4. The van der Waals surface area contributed by atoms with E-state index in [-0.39, 0.29) is 29.0 Å². The van der Waals surface area contributed by atoms with Gasteiger partial charge < -0.3 is 15.1 Å². The molecule has 0 spiro atoms. The molecule has 0 aromatic heterocycles. The topological polar surface area (TPSA) is 60.8 Å². The Morgan fingerprint density at radius 2 is 1.68 bits per heavy atom. The summed E-state index contributed by atoms with van der Waals surface area (Å²) in [6, 6.07) is 4.56. The van der Waals surface area contributed by atoms with E-state index in [0.717, 1.165) is 31.6 Å². The van der Waals surface area contributed by atoms with Gasteiger partial charge in [0, 0.05) is 13.1 Å². The summed E-state index contributed by atoms with van der Waals surface area (Å²) in [4.78, 5) is 14.0. The average molecular weight is 263 g/mol. The summed E-state index contributed by atoms with van der Waals surface area (Å²) in [5, 5.41) is 19.5. The Labute approximate surface area is 113 Å². The highest BCUT2D eigenvalue weighted by Crippen LogP contribution is 2.31. The van der Waals surface area contributed by atoms with Crippen molar-refractivity contribution in [2.45, 2.75) is 38.6 Å². The number of rotatable bonds is 2. The molecule has 19 heavy (non-hydrogen) atoms. The summed E-state index contributed by atoms with van der Waals surface area (Å²) in [6.45, 7) is 2.23. The molecule has 1 aromatic rings.